The average Bonchev–Trinajstić information content (AvgIpc) is 2.63. The molecule has 3 N–H and O–H groups in total. The molecule has 3 nitrogen and oxygen atoms in total. The Balaban J connectivity index is 0.000000471. The van der Waals surface area contributed by atoms with Gasteiger partial charge in [-0.05, 0) is 16.7 Å². The van der Waals surface area contributed by atoms with Gasteiger partial charge < -0.3 is 10.8 Å². The Morgan fingerprint density at radius 2 is 0.917 bits per heavy atom. The van der Waals surface area contributed by atoms with E-state index in [9.17, 15) is 0 Å². The van der Waals surface area contributed by atoms with Crippen LogP contribution in [0.3, 0.4) is 0 Å². The molecule has 3 heteroatoms. The monoisotopic (exact) mass is 319 g/mol. The van der Waals surface area contributed by atoms with Gasteiger partial charge in [-0.15, -0.1) is 0 Å². The fraction of sp³-hybridized carbons (Fsp3) is 0.0952. The van der Waals surface area contributed by atoms with Gasteiger partial charge in [-0.2, -0.15) is 0 Å². The fourth-order valence-corrected chi connectivity index (χ4v) is 2.60. The molecule has 3 aromatic carbocycles. The van der Waals surface area contributed by atoms with Crippen molar-refractivity contribution in [3.63, 3.8) is 0 Å². The predicted molar refractivity (Wildman–Crippen MR) is 96.7 cm³/mol. The van der Waals surface area contributed by atoms with E-state index in [1.807, 2.05) is 54.6 Å². The highest BCUT2D eigenvalue weighted by Gasteiger charge is 2.31. The van der Waals surface area contributed by atoms with Gasteiger partial charge in [0.25, 0.3) is 5.97 Å². The molecule has 0 atom stereocenters. The van der Waals surface area contributed by atoms with Gasteiger partial charge in [-0.1, -0.05) is 91.0 Å². The summed E-state index contributed by atoms with van der Waals surface area (Å²) in [6.45, 7) is 1.08. The van der Waals surface area contributed by atoms with Crippen LogP contribution in [0.15, 0.2) is 91.0 Å². The van der Waals surface area contributed by atoms with Crippen molar-refractivity contribution in [2.24, 2.45) is 5.73 Å². The third-order valence-electron chi connectivity index (χ3n) is 3.69. The number of aliphatic carboxylic acids is 1. The van der Waals surface area contributed by atoms with E-state index in [1.165, 1.54) is 0 Å². The third-order valence-corrected chi connectivity index (χ3v) is 3.69. The molecule has 0 unspecified atom stereocenters. The minimum Gasteiger partial charge on any atom is -0.481 e. The molecule has 24 heavy (non-hydrogen) atoms. The Morgan fingerprint density at radius 3 is 1.12 bits per heavy atom. The quantitative estimate of drug-likeness (QED) is 0.716. The van der Waals surface area contributed by atoms with Crippen molar-refractivity contribution in [2.75, 3.05) is 0 Å². The van der Waals surface area contributed by atoms with E-state index >= 15 is 0 Å². The van der Waals surface area contributed by atoms with Gasteiger partial charge in [0.15, 0.2) is 0 Å². The van der Waals surface area contributed by atoms with Crippen molar-refractivity contribution in [1.29, 1.82) is 0 Å². The smallest absolute Gasteiger partial charge is 0.300 e. The molecule has 0 aliphatic rings. The number of hydrogen-bond acceptors (Lipinski definition) is 2. The lowest BCUT2D eigenvalue weighted by Crippen LogP contribution is -2.39. The summed E-state index contributed by atoms with van der Waals surface area (Å²) in [5.41, 5.74) is 9.53. The summed E-state index contributed by atoms with van der Waals surface area (Å²) in [4.78, 5) is 9.00. The zero-order valence-electron chi connectivity index (χ0n) is 13.6. The topological polar surface area (TPSA) is 63.3 Å². The number of hydrogen-bond donors (Lipinski definition) is 2. The molecule has 0 saturated heterocycles. The van der Waals surface area contributed by atoms with Crippen LogP contribution in [0.25, 0.3) is 0 Å². The normalized spacial score (nSPS) is 10.4. The minimum atomic E-state index is -0.833. The maximum Gasteiger partial charge on any atom is 0.300 e. The molecule has 0 heterocycles. The summed E-state index contributed by atoms with van der Waals surface area (Å²) in [5, 5.41) is 7.42. The maximum absolute atomic E-state index is 9.00. The fourth-order valence-electron chi connectivity index (χ4n) is 2.60. The Kier molecular flexibility index (Phi) is 5.88. The van der Waals surface area contributed by atoms with Gasteiger partial charge in [-0.25, -0.2) is 0 Å². The first-order valence-corrected chi connectivity index (χ1v) is 7.70. The molecule has 0 aromatic heterocycles. The van der Waals surface area contributed by atoms with Gasteiger partial charge in [0, 0.05) is 6.92 Å². The summed E-state index contributed by atoms with van der Waals surface area (Å²) < 4.78 is 0. The van der Waals surface area contributed by atoms with Crippen LogP contribution in [-0.2, 0) is 10.3 Å². The van der Waals surface area contributed by atoms with Gasteiger partial charge in [-0.3, -0.25) is 4.79 Å². The van der Waals surface area contributed by atoms with Crippen molar-refractivity contribution < 1.29 is 9.90 Å². The van der Waals surface area contributed by atoms with Crippen LogP contribution >= 0.6 is 0 Å². The highest BCUT2D eigenvalue weighted by molar-refractivity contribution is 5.63. The standard InChI is InChI=1S/C19H17N.C2H4O2/c20-19(16-10-4-1-5-11-16,17-12-6-2-7-13-17)18-14-8-3-9-15-18;1-2(3)4/h1-15H,20H2;1H3,(H,3,4). The molecular weight excluding hydrogens is 298 g/mol. The van der Waals surface area contributed by atoms with Crippen LogP contribution in [0.5, 0.6) is 0 Å². The highest BCUT2D eigenvalue weighted by atomic mass is 16.4. The lowest BCUT2D eigenvalue weighted by atomic mass is 9.78. The van der Waals surface area contributed by atoms with Gasteiger partial charge in [0.2, 0.25) is 0 Å². The SMILES string of the molecule is CC(=O)O.NC(c1ccccc1)(c1ccccc1)c1ccccc1. The Bertz CT molecular complexity index is 655. The Hall–Kier alpha value is -2.91. The molecule has 0 aliphatic heterocycles. The Labute approximate surface area is 142 Å². The number of carbonyl (C=O) groups is 1. The van der Waals surface area contributed by atoms with Crippen LogP contribution in [-0.4, -0.2) is 11.1 Å². The molecule has 3 aromatic rings. The number of benzene rings is 3. The lowest BCUT2D eigenvalue weighted by Gasteiger charge is -2.31. The molecule has 0 aliphatic carbocycles. The lowest BCUT2D eigenvalue weighted by molar-refractivity contribution is -0.134. The van der Waals surface area contributed by atoms with Gasteiger partial charge in [0.1, 0.15) is 0 Å². The van der Waals surface area contributed by atoms with E-state index in [-0.39, 0.29) is 0 Å². The molecule has 0 radical (unpaired) electrons. The molecule has 3 rings (SSSR count). The van der Waals surface area contributed by atoms with Crippen LogP contribution < -0.4 is 5.73 Å². The molecule has 0 bridgehead atoms. The third kappa shape index (κ3) is 4.09. The minimum absolute atomic E-state index is 0.621. The second-order valence-corrected chi connectivity index (χ2v) is 5.43. The molecule has 0 fully saturated rings. The van der Waals surface area contributed by atoms with Crippen molar-refractivity contribution in [2.45, 2.75) is 12.5 Å². The second kappa shape index (κ2) is 8.09. The number of nitrogens with two attached hydrogens (primary N) is 1. The second-order valence-electron chi connectivity index (χ2n) is 5.43. The summed E-state index contributed by atoms with van der Waals surface area (Å²) >= 11 is 0. The number of carboxylic acid groups (broad SMARTS) is 1. The highest BCUT2D eigenvalue weighted by Crippen LogP contribution is 2.33. The van der Waals surface area contributed by atoms with E-state index in [0.717, 1.165) is 23.6 Å². The van der Waals surface area contributed by atoms with Crippen molar-refractivity contribution in [1.82, 2.24) is 0 Å². The summed E-state index contributed by atoms with van der Waals surface area (Å²) in [5.74, 6) is -0.833. The molecule has 0 amide bonds. The van der Waals surface area contributed by atoms with E-state index in [1.54, 1.807) is 0 Å². The van der Waals surface area contributed by atoms with Crippen molar-refractivity contribution in [3.05, 3.63) is 108 Å². The van der Waals surface area contributed by atoms with Crippen LogP contribution in [0.1, 0.15) is 23.6 Å². The van der Waals surface area contributed by atoms with E-state index in [0.29, 0.717) is 0 Å². The molecule has 0 saturated carbocycles. The maximum atomic E-state index is 9.00. The van der Waals surface area contributed by atoms with Crippen molar-refractivity contribution >= 4 is 5.97 Å². The predicted octanol–water partition coefficient (Wildman–Crippen LogP) is 4.03. The summed E-state index contributed by atoms with van der Waals surface area (Å²) in [6, 6.07) is 30.7. The average molecular weight is 319 g/mol. The van der Waals surface area contributed by atoms with E-state index in [2.05, 4.69) is 36.4 Å². The number of carboxylic acids is 1. The van der Waals surface area contributed by atoms with Crippen LogP contribution in [0.4, 0.5) is 0 Å². The largest absolute Gasteiger partial charge is 0.481 e. The van der Waals surface area contributed by atoms with Crippen molar-refractivity contribution in [3.8, 4) is 0 Å². The zero-order chi connectivity index (χ0) is 17.4. The van der Waals surface area contributed by atoms with Gasteiger partial charge >= 0.3 is 0 Å². The zero-order valence-corrected chi connectivity index (χ0v) is 13.6. The first-order valence-electron chi connectivity index (χ1n) is 7.70. The first kappa shape index (κ1) is 17.4. The molecular formula is C21H21NO2. The molecule has 0 spiro atoms. The van der Waals surface area contributed by atoms with E-state index in [4.69, 9.17) is 15.6 Å². The van der Waals surface area contributed by atoms with Crippen LogP contribution in [0.2, 0.25) is 0 Å². The van der Waals surface area contributed by atoms with Crippen LogP contribution in [0, 0.1) is 0 Å². The Morgan fingerprint density at radius 1 is 0.708 bits per heavy atom. The van der Waals surface area contributed by atoms with E-state index < -0.39 is 11.5 Å². The first-order chi connectivity index (χ1) is 11.5. The summed E-state index contributed by atoms with van der Waals surface area (Å²) in [7, 11) is 0. The van der Waals surface area contributed by atoms with Gasteiger partial charge in [0.05, 0.1) is 5.54 Å². The number of rotatable bonds is 3. The summed E-state index contributed by atoms with van der Waals surface area (Å²) in [6.07, 6.45) is 0. The molecule has 122 valence electrons.